The number of esters is 1. The summed E-state index contributed by atoms with van der Waals surface area (Å²) in [7, 11) is 1.29. The van der Waals surface area contributed by atoms with Crippen molar-refractivity contribution in [2.45, 2.75) is 0 Å². The first-order valence-electron chi connectivity index (χ1n) is 4.04. The van der Waals surface area contributed by atoms with E-state index in [-0.39, 0.29) is 6.61 Å². The van der Waals surface area contributed by atoms with Gasteiger partial charge in [0.25, 0.3) is 0 Å². The lowest BCUT2D eigenvalue weighted by atomic mass is 10.7. The van der Waals surface area contributed by atoms with Gasteiger partial charge in [0.1, 0.15) is 6.61 Å². The number of hydrogen-bond acceptors (Lipinski definition) is 5. The zero-order chi connectivity index (χ0) is 10.6. The first kappa shape index (κ1) is 12.7. The molecule has 0 aromatic rings. The molecule has 80 valence electrons. The van der Waals surface area contributed by atoms with E-state index in [2.05, 4.69) is 14.8 Å². The fraction of sp³-hybridized carbons (Fsp3) is 0.857. The van der Waals surface area contributed by atoms with Crippen LogP contribution in [0.25, 0.3) is 10.4 Å². The molecule has 0 aliphatic carbocycles. The van der Waals surface area contributed by atoms with E-state index in [0.717, 1.165) is 0 Å². The summed E-state index contributed by atoms with van der Waals surface area (Å²) in [6.07, 6.45) is 0. The molecule has 0 aliphatic heterocycles. The molecular weight excluding hydrogens is 190 g/mol. The predicted molar refractivity (Wildman–Crippen MR) is 47.7 cm³/mol. The molecular formula is C7H13N3O4. The number of carbonyl (C=O) groups is 1. The number of methoxy groups -OCH3 is 1. The molecule has 0 fully saturated rings. The summed E-state index contributed by atoms with van der Waals surface area (Å²) in [4.78, 5) is 13.1. The summed E-state index contributed by atoms with van der Waals surface area (Å²) >= 11 is 0. The van der Waals surface area contributed by atoms with Crippen LogP contribution in [0.5, 0.6) is 0 Å². The second-order valence-corrected chi connectivity index (χ2v) is 2.20. The van der Waals surface area contributed by atoms with Crippen molar-refractivity contribution < 1.29 is 19.0 Å². The molecule has 0 saturated heterocycles. The Balaban J connectivity index is 3.06. The van der Waals surface area contributed by atoms with Crippen molar-refractivity contribution >= 4 is 5.97 Å². The maximum absolute atomic E-state index is 10.5. The van der Waals surface area contributed by atoms with Crippen LogP contribution in [0, 0.1) is 0 Å². The lowest BCUT2D eigenvalue weighted by Gasteiger charge is -2.03. The summed E-state index contributed by atoms with van der Waals surface area (Å²) < 4.78 is 14.2. The Kier molecular flexibility index (Phi) is 8.88. The maximum atomic E-state index is 10.5. The average Bonchev–Trinajstić information content (AvgIpc) is 2.21. The highest BCUT2D eigenvalue weighted by Gasteiger charge is 1.98. The van der Waals surface area contributed by atoms with E-state index in [1.807, 2.05) is 0 Å². The van der Waals surface area contributed by atoms with Crippen molar-refractivity contribution in [3.8, 4) is 0 Å². The van der Waals surface area contributed by atoms with Gasteiger partial charge in [-0.15, -0.1) is 0 Å². The molecule has 0 unspecified atom stereocenters. The minimum atomic E-state index is -0.418. The third-order valence-electron chi connectivity index (χ3n) is 1.22. The van der Waals surface area contributed by atoms with E-state index in [1.165, 1.54) is 7.11 Å². The van der Waals surface area contributed by atoms with Gasteiger partial charge in [-0.3, -0.25) is 0 Å². The number of nitrogens with zero attached hydrogens (tertiary/aromatic N) is 3. The zero-order valence-electron chi connectivity index (χ0n) is 8.01. The highest BCUT2D eigenvalue weighted by Crippen LogP contribution is 1.82. The molecule has 7 heteroatoms. The highest BCUT2D eigenvalue weighted by molar-refractivity contribution is 5.70. The molecule has 0 radical (unpaired) electrons. The van der Waals surface area contributed by atoms with E-state index in [9.17, 15) is 4.79 Å². The van der Waals surface area contributed by atoms with E-state index in [0.29, 0.717) is 26.4 Å². The molecule has 14 heavy (non-hydrogen) atoms. The number of carbonyl (C=O) groups excluding carboxylic acids is 1. The van der Waals surface area contributed by atoms with Crippen LogP contribution in [0.4, 0.5) is 0 Å². The van der Waals surface area contributed by atoms with Crippen LogP contribution in [0.1, 0.15) is 0 Å². The quantitative estimate of drug-likeness (QED) is 0.189. The van der Waals surface area contributed by atoms with Crippen LogP contribution in [0.3, 0.4) is 0 Å². The van der Waals surface area contributed by atoms with Crippen molar-refractivity contribution in [1.82, 2.24) is 0 Å². The first-order valence-corrected chi connectivity index (χ1v) is 4.04. The lowest BCUT2D eigenvalue weighted by Crippen LogP contribution is -2.14. The van der Waals surface area contributed by atoms with Crippen LogP contribution < -0.4 is 0 Å². The van der Waals surface area contributed by atoms with Crippen molar-refractivity contribution in [3.63, 3.8) is 0 Å². The largest absolute Gasteiger partial charge is 0.467 e. The Labute approximate surface area is 81.6 Å². The Morgan fingerprint density at radius 2 is 2.07 bits per heavy atom. The topological polar surface area (TPSA) is 93.5 Å². The first-order chi connectivity index (χ1) is 6.81. The molecule has 7 nitrogen and oxygen atoms in total. The van der Waals surface area contributed by atoms with Crippen molar-refractivity contribution in [2.24, 2.45) is 5.11 Å². The lowest BCUT2D eigenvalue weighted by molar-refractivity contribution is -0.146. The molecule has 0 saturated carbocycles. The van der Waals surface area contributed by atoms with Gasteiger partial charge in [0, 0.05) is 11.5 Å². The molecule has 0 aromatic heterocycles. The number of azide groups is 1. The van der Waals surface area contributed by atoms with Gasteiger partial charge in [-0.2, -0.15) is 0 Å². The molecule has 0 heterocycles. The van der Waals surface area contributed by atoms with Gasteiger partial charge in [-0.25, -0.2) is 4.79 Å². The van der Waals surface area contributed by atoms with E-state index in [4.69, 9.17) is 15.0 Å². The number of rotatable bonds is 8. The minimum Gasteiger partial charge on any atom is -0.467 e. The Morgan fingerprint density at radius 3 is 2.71 bits per heavy atom. The summed E-state index contributed by atoms with van der Waals surface area (Å²) in [6, 6.07) is 0. The average molecular weight is 203 g/mol. The van der Waals surface area contributed by atoms with Crippen molar-refractivity contribution in [3.05, 3.63) is 10.4 Å². The fourth-order valence-electron chi connectivity index (χ4n) is 0.584. The van der Waals surface area contributed by atoms with Crippen LogP contribution >= 0.6 is 0 Å². The van der Waals surface area contributed by atoms with Crippen molar-refractivity contribution in [2.75, 3.05) is 40.1 Å². The predicted octanol–water partition coefficient (Wildman–Crippen LogP) is 0.503. The van der Waals surface area contributed by atoms with Gasteiger partial charge in [-0.05, 0) is 5.53 Å². The van der Waals surface area contributed by atoms with Crippen LogP contribution in [-0.4, -0.2) is 46.1 Å². The minimum absolute atomic E-state index is 0.0732. The van der Waals surface area contributed by atoms with Crippen LogP contribution in [0.2, 0.25) is 0 Å². The SMILES string of the molecule is COC(=O)COCCOCCN=[N+]=[N-]. The van der Waals surface area contributed by atoms with Crippen LogP contribution in [-0.2, 0) is 19.0 Å². The fourth-order valence-corrected chi connectivity index (χ4v) is 0.584. The smallest absolute Gasteiger partial charge is 0.331 e. The third-order valence-corrected chi connectivity index (χ3v) is 1.22. The molecule has 0 N–H and O–H groups in total. The van der Waals surface area contributed by atoms with E-state index >= 15 is 0 Å². The second-order valence-electron chi connectivity index (χ2n) is 2.20. The zero-order valence-corrected chi connectivity index (χ0v) is 8.01. The number of hydrogen-bond donors (Lipinski definition) is 0. The summed E-state index contributed by atoms with van der Waals surface area (Å²) in [5, 5.41) is 3.27. The molecule has 0 aliphatic rings. The molecule has 0 bridgehead atoms. The standard InChI is InChI=1S/C7H13N3O4/c1-12-7(11)6-14-5-4-13-3-2-9-10-8/h2-6H2,1H3. The van der Waals surface area contributed by atoms with Gasteiger partial charge in [0.2, 0.25) is 0 Å². The Bertz CT molecular complexity index is 203. The molecule has 0 rings (SSSR count). The third kappa shape index (κ3) is 8.79. The summed E-state index contributed by atoms with van der Waals surface area (Å²) in [6.45, 7) is 1.25. The van der Waals surface area contributed by atoms with E-state index in [1.54, 1.807) is 0 Å². The molecule has 0 aromatic carbocycles. The number of ether oxygens (including phenoxy) is 3. The van der Waals surface area contributed by atoms with Crippen molar-refractivity contribution in [1.29, 1.82) is 0 Å². The molecule has 0 amide bonds. The van der Waals surface area contributed by atoms with Gasteiger partial charge < -0.3 is 14.2 Å². The summed E-state index contributed by atoms with van der Waals surface area (Å²) in [5.74, 6) is -0.418. The van der Waals surface area contributed by atoms with E-state index < -0.39 is 5.97 Å². The van der Waals surface area contributed by atoms with Gasteiger partial charge in [0.05, 0.1) is 26.9 Å². The van der Waals surface area contributed by atoms with Gasteiger partial charge in [-0.1, -0.05) is 5.11 Å². The van der Waals surface area contributed by atoms with Gasteiger partial charge in [0.15, 0.2) is 0 Å². The second kappa shape index (κ2) is 9.79. The Morgan fingerprint density at radius 1 is 1.36 bits per heavy atom. The monoisotopic (exact) mass is 203 g/mol. The molecule has 0 atom stereocenters. The Hall–Kier alpha value is -1.30. The highest BCUT2D eigenvalue weighted by atomic mass is 16.6. The maximum Gasteiger partial charge on any atom is 0.331 e. The molecule has 0 spiro atoms. The van der Waals surface area contributed by atoms with Crippen LogP contribution in [0.15, 0.2) is 5.11 Å². The normalized spacial score (nSPS) is 9.21. The van der Waals surface area contributed by atoms with Gasteiger partial charge >= 0.3 is 5.97 Å². The summed E-state index contributed by atoms with van der Waals surface area (Å²) in [5.41, 5.74) is 7.92.